The number of nitrogens with one attached hydrogen (secondary N) is 2. The number of piperazine rings is 1. The van der Waals surface area contributed by atoms with Crippen LogP contribution in [0.15, 0.2) is 49.2 Å². The number of nitrogens with zero attached hydrogens (tertiary/aromatic N) is 6. The lowest BCUT2D eigenvalue weighted by atomic mass is 10.1. The fraction of sp³-hybridized carbons (Fsp3) is 0.444. The molecule has 2 N–H and O–H groups in total. The average Bonchev–Trinajstić information content (AvgIpc) is 3.51. The number of imidazole rings is 1. The van der Waals surface area contributed by atoms with E-state index in [1.165, 1.54) is 0 Å². The van der Waals surface area contributed by atoms with Gasteiger partial charge in [-0.25, -0.2) is 14.8 Å². The molecule has 0 saturated carbocycles. The SMILES string of the molecule is CCCNC(=O)N1CCN(c2ccnc(-n3ccnc3)n2)C(CC(=O)NCCc2ccc3c(c2)OCCO3)C1. The van der Waals surface area contributed by atoms with Gasteiger partial charge in [-0.1, -0.05) is 13.0 Å². The lowest BCUT2D eigenvalue weighted by Gasteiger charge is -2.41. The number of aromatic nitrogens is 4. The number of anilines is 1. The molecule has 1 fully saturated rings. The fourth-order valence-electron chi connectivity index (χ4n) is 4.74. The van der Waals surface area contributed by atoms with Crippen LogP contribution < -0.4 is 25.0 Å². The predicted molar refractivity (Wildman–Crippen MR) is 144 cm³/mol. The van der Waals surface area contributed by atoms with E-state index < -0.39 is 0 Å². The molecule has 12 nitrogen and oxygen atoms in total. The highest BCUT2D eigenvalue weighted by Crippen LogP contribution is 2.30. The number of hydrogen-bond donors (Lipinski definition) is 2. The number of hydrogen-bond acceptors (Lipinski definition) is 8. The highest BCUT2D eigenvalue weighted by Gasteiger charge is 2.32. The number of ether oxygens (including phenoxy) is 2. The van der Waals surface area contributed by atoms with Gasteiger partial charge in [0.05, 0.1) is 6.04 Å². The number of amides is 3. The van der Waals surface area contributed by atoms with E-state index in [1.807, 2.05) is 31.2 Å². The maximum Gasteiger partial charge on any atom is 0.317 e. The first-order valence-corrected chi connectivity index (χ1v) is 13.4. The van der Waals surface area contributed by atoms with E-state index in [0.29, 0.717) is 64.1 Å². The zero-order valence-corrected chi connectivity index (χ0v) is 22.1. The normalized spacial score (nSPS) is 16.6. The third-order valence-electron chi connectivity index (χ3n) is 6.72. The third-order valence-corrected chi connectivity index (χ3v) is 6.72. The quantitative estimate of drug-likeness (QED) is 0.426. The Morgan fingerprint density at radius 1 is 1.05 bits per heavy atom. The summed E-state index contributed by atoms with van der Waals surface area (Å²) in [5.41, 5.74) is 1.06. The van der Waals surface area contributed by atoms with Gasteiger partial charge in [0, 0.05) is 57.7 Å². The van der Waals surface area contributed by atoms with Crippen LogP contribution >= 0.6 is 0 Å². The zero-order valence-electron chi connectivity index (χ0n) is 22.1. The molecule has 39 heavy (non-hydrogen) atoms. The lowest BCUT2D eigenvalue weighted by Crippen LogP contribution is -2.58. The smallest absolute Gasteiger partial charge is 0.317 e. The van der Waals surface area contributed by atoms with Crippen molar-refractivity contribution in [3.63, 3.8) is 0 Å². The Kier molecular flexibility index (Phi) is 8.39. The molecular weight excluding hydrogens is 500 g/mol. The van der Waals surface area contributed by atoms with Crippen LogP contribution in [0.4, 0.5) is 10.6 Å². The van der Waals surface area contributed by atoms with E-state index in [-0.39, 0.29) is 24.4 Å². The van der Waals surface area contributed by atoms with Crippen LogP contribution in [0.1, 0.15) is 25.3 Å². The van der Waals surface area contributed by atoms with Gasteiger partial charge in [0.25, 0.3) is 0 Å². The Morgan fingerprint density at radius 3 is 2.74 bits per heavy atom. The molecule has 5 rings (SSSR count). The van der Waals surface area contributed by atoms with Crippen molar-refractivity contribution in [3.8, 4) is 17.4 Å². The molecule has 12 heteroatoms. The summed E-state index contributed by atoms with van der Waals surface area (Å²) in [5, 5.41) is 5.99. The van der Waals surface area contributed by atoms with E-state index in [4.69, 9.17) is 14.5 Å². The van der Waals surface area contributed by atoms with Crippen molar-refractivity contribution in [1.82, 2.24) is 35.1 Å². The first-order valence-electron chi connectivity index (χ1n) is 13.4. The largest absolute Gasteiger partial charge is 0.486 e. The van der Waals surface area contributed by atoms with Gasteiger partial charge >= 0.3 is 6.03 Å². The minimum Gasteiger partial charge on any atom is -0.486 e. The van der Waals surface area contributed by atoms with Crippen LogP contribution in [0.5, 0.6) is 11.5 Å². The fourth-order valence-corrected chi connectivity index (χ4v) is 4.74. The van der Waals surface area contributed by atoms with Gasteiger partial charge in [-0.2, -0.15) is 4.98 Å². The van der Waals surface area contributed by atoms with Gasteiger partial charge in [-0.15, -0.1) is 0 Å². The van der Waals surface area contributed by atoms with Gasteiger partial charge < -0.3 is 29.9 Å². The first kappa shape index (κ1) is 26.3. The van der Waals surface area contributed by atoms with Gasteiger partial charge in [0.1, 0.15) is 25.4 Å². The van der Waals surface area contributed by atoms with Gasteiger partial charge in [-0.05, 0) is 36.6 Å². The maximum atomic E-state index is 13.1. The molecule has 3 amide bonds. The summed E-state index contributed by atoms with van der Waals surface area (Å²) in [7, 11) is 0. The number of urea groups is 1. The highest BCUT2D eigenvalue weighted by atomic mass is 16.6. The van der Waals surface area contributed by atoms with Crippen molar-refractivity contribution in [3.05, 3.63) is 54.7 Å². The molecule has 0 aliphatic carbocycles. The maximum absolute atomic E-state index is 13.1. The van der Waals surface area contributed by atoms with Crippen LogP contribution in [0, 0.1) is 0 Å². The number of fused-ring (bicyclic) bond motifs is 1. The molecule has 0 bridgehead atoms. The van der Waals surface area contributed by atoms with E-state index in [2.05, 4.69) is 25.5 Å². The number of carbonyl (C=O) groups is 2. The summed E-state index contributed by atoms with van der Waals surface area (Å²) in [6.45, 7) is 5.71. The number of benzene rings is 1. The molecule has 1 unspecified atom stereocenters. The summed E-state index contributed by atoms with van der Waals surface area (Å²) >= 11 is 0. The monoisotopic (exact) mass is 534 g/mol. The molecule has 0 radical (unpaired) electrons. The van der Waals surface area contributed by atoms with Crippen molar-refractivity contribution < 1.29 is 19.1 Å². The molecule has 206 valence electrons. The van der Waals surface area contributed by atoms with E-state index >= 15 is 0 Å². The summed E-state index contributed by atoms with van der Waals surface area (Å²) < 4.78 is 13.0. The van der Waals surface area contributed by atoms with Crippen LogP contribution in [0.2, 0.25) is 0 Å². The summed E-state index contributed by atoms with van der Waals surface area (Å²) in [6, 6.07) is 7.34. The third kappa shape index (κ3) is 6.57. The Bertz CT molecular complexity index is 1270. The van der Waals surface area contributed by atoms with Crippen molar-refractivity contribution >= 4 is 17.8 Å². The predicted octanol–water partition coefficient (Wildman–Crippen LogP) is 1.79. The second-order valence-electron chi connectivity index (χ2n) is 9.49. The van der Waals surface area contributed by atoms with Crippen LogP contribution in [-0.2, 0) is 11.2 Å². The number of carbonyl (C=O) groups excluding carboxylic acids is 2. The Hall–Kier alpha value is -4.35. The van der Waals surface area contributed by atoms with E-state index in [1.54, 1.807) is 34.4 Å². The molecule has 3 aromatic rings. The van der Waals surface area contributed by atoms with Crippen LogP contribution in [0.25, 0.3) is 5.95 Å². The first-order chi connectivity index (χ1) is 19.1. The van der Waals surface area contributed by atoms with Crippen molar-refractivity contribution in [2.75, 3.05) is 50.8 Å². The lowest BCUT2D eigenvalue weighted by molar-refractivity contribution is -0.121. The molecular formula is C27H34N8O4. The Labute approximate surface area is 227 Å². The van der Waals surface area contributed by atoms with Crippen LogP contribution in [-0.4, -0.2) is 88.3 Å². The molecule has 1 saturated heterocycles. The van der Waals surface area contributed by atoms with Gasteiger partial charge in [0.15, 0.2) is 11.5 Å². The summed E-state index contributed by atoms with van der Waals surface area (Å²) in [4.78, 5) is 42.8. The number of rotatable bonds is 9. The van der Waals surface area contributed by atoms with E-state index in [0.717, 1.165) is 23.5 Å². The molecule has 0 spiro atoms. The van der Waals surface area contributed by atoms with E-state index in [9.17, 15) is 9.59 Å². The van der Waals surface area contributed by atoms with Crippen molar-refractivity contribution in [2.45, 2.75) is 32.2 Å². The molecule has 2 aromatic heterocycles. The van der Waals surface area contributed by atoms with Gasteiger partial charge in [0.2, 0.25) is 11.9 Å². The second-order valence-corrected chi connectivity index (χ2v) is 9.49. The minimum atomic E-state index is -0.244. The summed E-state index contributed by atoms with van der Waals surface area (Å²) in [6.07, 6.45) is 8.54. The average molecular weight is 535 g/mol. The van der Waals surface area contributed by atoms with Crippen molar-refractivity contribution in [1.29, 1.82) is 0 Å². The second kappa shape index (κ2) is 12.5. The molecule has 2 aliphatic heterocycles. The standard InChI is InChI=1S/C27H34N8O4/c1-2-7-31-27(37)33-12-13-35(24-6-9-30-26(32-24)34-11-10-28-19-34)21(18-33)17-25(36)29-8-5-20-3-4-22-23(16-20)39-15-14-38-22/h3-4,6,9-11,16,19,21H,2,5,7-8,12-15,17-18H2,1H3,(H,29,36)(H,31,37). The van der Waals surface area contributed by atoms with Crippen molar-refractivity contribution in [2.24, 2.45) is 0 Å². The van der Waals surface area contributed by atoms with Crippen LogP contribution in [0.3, 0.4) is 0 Å². The Balaban J connectivity index is 1.24. The Morgan fingerprint density at radius 2 is 1.92 bits per heavy atom. The zero-order chi connectivity index (χ0) is 27.0. The van der Waals surface area contributed by atoms with Gasteiger partial charge in [-0.3, -0.25) is 9.36 Å². The molecule has 2 aliphatic rings. The highest BCUT2D eigenvalue weighted by molar-refractivity contribution is 5.78. The molecule has 1 aromatic carbocycles. The topological polar surface area (TPSA) is 127 Å². The molecule has 1 atom stereocenters. The minimum absolute atomic E-state index is 0.0813. The molecule has 4 heterocycles. The summed E-state index contributed by atoms with van der Waals surface area (Å²) in [5.74, 6) is 2.61.